The number of non-ortho nitro benzene ring substituents is 1. The molecule has 1 aliphatic rings. The summed E-state index contributed by atoms with van der Waals surface area (Å²) in [6.45, 7) is 0.494. The predicted molar refractivity (Wildman–Crippen MR) is 74.9 cm³/mol. The Morgan fingerprint density at radius 1 is 1.35 bits per heavy atom. The van der Waals surface area contributed by atoms with Gasteiger partial charge < -0.3 is 9.32 Å². The van der Waals surface area contributed by atoms with Crippen LogP contribution in [0, 0.1) is 10.1 Å². The molecule has 0 unspecified atom stereocenters. The van der Waals surface area contributed by atoms with Crippen LogP contribution in [0.2, 0.25) is 0 Å². The Morgan fingerprint density at radius 2 is 2.15 bits per heavy atom. The van der Waals surface area contributed by atoms with E-state index in [9.17, 15) is 14.9 Å². The quantitative estimate of drug-likeness (QED) is 0.623. The van der Waals surface area contributed by atoms with Crippen LogP contribution in [0.3, 0.4) is 0 Å². The summed E-state index contributed by atoms with van der Waals surface area (Å²) in [5.74, 6) is -0.0915. The van der Waals surface area contributed by atoms with Crippen molar-refractivity contribution in [2.45, 2.75) is 6.42 Å². The molecule has 1 aromatic carbocycles. The second-order valence-corrected chi connectivity index (χ2v) is 5.16. The molecule has 2 heterocycles. The van der Waals surface area contributed by atoms with E-state index in [1.165, 1.54) is 17.0 Å². The number of hydrogen-bond donors (Lipinski definition) is 0. The largest absolute Gasteiger partial charge is 0.444 e. The molecular formula is C13H9BrN2O4. The second kappa shape index (κ2) is 4.75. The molecule has 1 amide bonds. The lowest BCUT2D eigenvalue weighted by Crippen LogP contribution is -2.28. The number of fused-ring (bicyclic) bond motifs is 1. The summed E-state index contributed by atoms with van der Waals surface area (Å²) in [6, 6.07) is 7.78. The van der Waals surface area contributed by atoms with E-state index in [2.05, 4.69) is 15.9 Å². The molecule has 0 radical (unpaired) electrons. The average molecular weight is 337 g/mol. The zero-order valence-electron chi connectivity index (χ0n) is 10.2. The number of rotatable bonds is 2. The number of halogens is 1. The van der Waals surface area contributed by atoms with Gasteiger partial charge in [-0.3, -0.25) is 14.9 Å². The van der Waals surface area contributed by atoms with Crippen molar-refractivity contribution in [2.24, 2.45) is 0 Å². The van der Waals surface area contributed by atoms with Gasteiger partial charge in [0.15, 0.2) is 10.4 Å². The molecule has 0 N–H and O–H groups in total. The molecule has 20 heavy (non-hydrogen) atoms. The van der Waals surface area contributed by atoms with Gasteiger partial charge in [0, 0.05) is 18.7 Å². The van der Waals surface area contributed by atoms with E-state index < -0.39 is 4.92 Å². The maximum Gasteiger partial charge on any atom is 0.294 e. The molecule has 1 aromatic heterocycles. The van der Waals surface area contributed by atoms with E-state index >= 15 is 0 Å². The number of carbonyl (C=O) groups is 1. The van der Waals surface area contributed by atoms with Crippen molar-refractivity contribution in [3.8, 4) is 0 Å². The standard InChI is InChI=1S/C13H9BrN2O4/c14-12-4-3-11(20-12)13(17)15-6-5-8-1-2-9(16(18)19)7-10(8)15/h1-4,7H,5-6H2. The molecule has 3 rings (SSSR count). The van der Waals surface area contributed by atoms with Crippen LogP contribution in [0.1, 0.15) is 16.1 Å². The molecule has 7 heteroatoms. The Labute approximate surface area is 122 Å². The van der Waals surface area contributed by atoms with Crippen molar-refractivity contribution in [3.63, 3.8) is 0 Å². The number of amides is 1. The van der Waals surface area contributed by atoms with Crippen LogP contribution >= 0.6 is 15.9 Å². The molecule has 0 bridgehead atoms. The third-order valence-corrected chi connectivity index (χ3v) is 3.63. The van der Waals surface area contributed by atoms with Crippen molar-refractivity contribution in [1.82, 2.24) is 0 Å². The minimum atomic E-state index is -0.468. The van der Waals surface area contributed by atoms with Crippen LogP contribution in [-0.2, 0) is 6.42 Å². The zero-order chi connectivity index (χ0) is 14.3. The monoisotopic (exact) mass is 336 g/mol. The first-order valence-corrected chi connectivity index (χ1v) is 6.70. The van der Waals surface area contributed by atoms with Crippen LogP contribution in [0.25, 0.3) is 0 Å². The second-order valence-electron chi connectivity index (χ2n) is 4.38. The number of anilines is 1. The Balaban J connectivity index is 1.97. The van der Waals surface area contributed by atoms with Crippen LogP contribution in [-0.4, -0.2) is 17.4 Å². The van der Waals surface area contributed by atoms with Crippen molar-refractivity contribution in [2.75, 3.05) is 11.4 Å². The molecule has 102 valence electrons. The lowest BCUT2D eigenvalue weighted by molar-refractivity contribution is -0.384. The van der Waals surface area contributed by atoms with Crippen molar-refractivity contribution in [3.05, 3.63) is 56.4 Å². The third-order valence-electron chi connectivity index (χ3n) is 3.20. The highest BCUT2D eigenvalue weighted by molar-refractivity contribution is 9.10. The van der Waals surface area contributed by atoms with E-state index in [4.69, 9.17) is 4.42 Å². The smallest absolute Gasteiger partial charge is 0.294 e. The van der Waals surface area contributed by atoms with Gasteiger partial charge in [0.1, 0.15) is 0 Å². The first-order valence-electron chi connectivity index (χ1n) is 5.91. The molecule has 1 aliphatic heterocycles. The summed E-state index contributed by atoms with van der Waals surface area (Å²) in [5, 5.41) is 10.8. The highest BCUT2D eigenvalue weighted by atomic mass is 79.9. The zero-order valence-corrected chi connectivity index (χ0v) is 11.8. The number of carbonyl (C=O) groups excluding carboxylic acids is 1. The number of hydrogen-bond acceptors (Lipinski definition) is 4. The number of nitro benzene ring substituents is 1. The Hall–Kier alpha value is -2.15. The molecular weight excluding hydrogens is 328 g/mol. The summed E-state index contributed by atoms with van der Waals surface area (Å²) in [4.78, 5) is 24.2. The molecule has 2 aromatic rings. The summed E-state index contributed by atoms with van der Waals surface area (Å²) < 4.78 is 5.71. The molecule has 0 saturated carbocycles. The van der Waals surface area contributed by atoms with Gasteiger partial charge >= 0.3 is 0 Å². The minimum absolute atomic E-state index is 0.0240. The highest BCUT2D eigenvalue weighted by Crippen LogP contribution is 2.33. The Kier molecular flexibility index (Phi) is 3.06. The molecule has 0 saturated heterocycles. The number of nitrogens with zero attached hydrogens (tertiary/aromatic N) is 2. The fraction of sp³-hybridized carbons (Fsp3) is 0.154. The van der Waals surface area contributed by atoms with Crippen LogP contribution in [0.4, 0.5) is 11.4 Å². The summed E-state index contributed by atoms with van der Waals surface area (Å²) in [6.07, 6.45) is 0.681. The first-order chi connectivity index (χ1) is 9.56. The average Bonchev–Trinajstić information content (AvgIpc) is 3.03. The fourth-order valence-corrected chi connectivity index (χ4v) is 2.56. The number of furan rings is 1. The van der Waals surface area contributed by atoms with Gasteiger partial charge in [-0.2, -0.15) is 0 Å². The first kappa shape index (κ1) is 12.9. The van der Waals surface area contributed by atoms with Gasteiger partial charge in [-0.05, 0) is 40.0 Å². The molecule has 0 spiro atoms. The lowest BCUT2D eigenvalue weighted by atomic mass is 10.1. The van der Waals surface area contributed by atoms with Crippen molar-refractivity contribution >= 4 is 33.2 Å². The maximum absolute atomic E-state index is 12.3. The van der Waals surface area contributed by atoms with E-state index in [-0.39, 0.29) is 17.4 Å². The van der Waals surface area contributed by atoms with Gasteiger partial charge in [-0.25, -0.2) is 0 Å². The van der Waals surface area contributed by atoms with Crippen LogP contribution in [0.15, 0.2) is 39.4 Å². The van der Waals surface area contributed by atoms with Gasteiger partial charge in [0.05, 0.1) is 10.6 Å². The molecule has 0 atom stereocenters. The van der Waals surface area contributed by atoms with Crippen LogP contribution in [0.5, 0.6) is 0 Å². The highest BCUT2D eigenvalue weighted by Gasteiger charge is 2.29. The number of benzene rings is 1. The van der Waals surface area contributed by atoms with E-state index in [1.807, 2.05) is 0 Å². The fourth-order valence-electron chi connectivity index (χ4n) is 2.25. The number of nitro groups is 1. The normalized spacial score (nSPS) is 13.3. The topological polar surface area (TPSA) is 76.6 Å². The van der Waals surface area contributed by atoms with E-state index in [0.29, 0.717) is 23.3 Å². The lowest BCUT2D eigenvalue weighted by Gasteiger charge is -2.15. The van der Waals surface area contributed by atoms with Gasteiger partial charge in [-0.1, -0.05) is 6.07 Å². The molecule has 0 aliphatic carbocycles. The molecule has 0 fully saturated rings. The van der Waals surface area contributed by atoms with Gasteiger partial charge in [-0.15, -0.1) is 0 Å². The SMILES string of the molecule is O=C(c1ccc(Br)o1)N1CCc2ccc([N+](=O)[O-])cc21. The van der Waals surface area contributed by atoms with E-state index in [1.54, 1.807) is 18.2 Å². The maximum atomic E-state index is 12.3. The van der Waals surface area contributed by atoms with Gasteiger partial charge in [0.2, 0.25) is 0 Å². The summed E-state index contributed by atoms with van der Waals surface area (Å²) in [5.41, 5.74) is 1.48. The predicted octanol–water partition coefficient (Wildman–Crippen LogP) is 3.15. The third kappa shape index (κ3) is 2.09. The van der Waals surface area contributed by atoms with Crippen LogP contribution < -0.4 is 4.90 Å². The summed E-state index contributed by atoms with van der Waals surface area (Å²) >= 11 is 3.14. The van der Waals surface area contributed by atoms with Gasteiger partial charge in [0.25, 0.3) is 11.6 Å². The Bertz CT molecular complexity index is 710. The van der Waals surface area contributed by atoms with Crippen molar-refractivity contribution in [1.29, 1.82) is 0 Å². The van der Waals surface area contributed by atoms with E-state index in [0.717, 1.165) is 5.56 Å². The molecule has 6 nitrogen and oxygen atoms in total. The Morgan fingerprint density at radius 3 is 2.80 bits per heavy atom. The van der Waals surface area contributed by atoms with Crippen molar-refractivity contribution < 1.29 is 14.1 Å². The summed E-state index contributed by atoms with van der Waals surface area (Å²) in [7, 11) is 0. The minimum Gasteiger partial charge on any atom is -0.444 e.